The molecule has 0 amide bonds. The van der Waals surface area contributed by atoms with Crippen molar-refractivity contribution >= 4 is 10.9 Å². The molecule has 0 N–H and O–H groups in total. The Morgan fingerprint density at radius 1 is 1.26 bits per heavy atom. The molecule has 23 heavy (non-hydrogen) atoms. The minimum atomic E-state index is -0.165. The van der Waals surface area contributed by atoms with Gasteiger partial charge in [0.1, 0.15) is 5.82 Å². The zero-order valence-electron chi connectivity index (χ0n) is 14.1. The fourth-order valence-electron chi connectivity index (χ4n) is 3.46. The minimum absolute atomic E-state index is 0.165. The summed E-state index contributed by atoms with van der Waals surface area (Å²) >= 11 is 0. The predicted octanol–water partition coefficient (Wildman–Crippen LogP) is 3.54. The van der Waals surface area contributed by atoms with Crippen LogP contribution in [0.3, 0.4) is 0 Å². The van der Waals surface area contributed by atoms with Gasteiger partial charge in [0.2, 0.25) is 0 Å². The second-order valence-electron chi connectivity index (χ2n) is 6.95. The van der Waals surface area contributed by atoms with Crippen LogP contribution in [-0.4, -0.2) is 48.5 Å². The van der Waals surface area contributed by atoms with E-state index >= 15 is 0 Å². The molecule has 3 rings (SSSR count). The van der Waals surface area contributed by atoms with Crippen LogP contribution in [0.4, 0.5) is 4.39 Å². The number of hydrogen-bond donors (Lipinski definition) is 0. The van der Waals surface area contributed by atoms with Crippen LogP contribution in [0.25, 0.3) is 10.9 Å². The Labute approximate surface area is 138 Å². The molecule has 3 nitrogen and oxygen atoms in total. The summed E-state index contributed by atoms with van der Waals surface area (Å²) in [6, 6.07) is 7.01. The summed E-state index contributed by atoms with van der Waals surface area (Å²) in [5.74, 6) is 0.664. The third-order valence-electron chi connectivity index (χ3n) is 4.83. The van der Waals surface area contributed by atoms with E-state index in [1.165, 1.54) is 25.8 Å². The van der Waals surface area contributed by atoms with E-state index in [0.717, 1.165) is 42.0 Å². The first kappa shape index (κ1) is 16.3. The summed E-state index contributed by atoms with van der Waals surface area (Å²) in [6.07, 6.45) is 5.56. The Kier molecular flexibility index (Phi) is 5.23. The van der Waals surface area contributed by atoms with Gasteiger partial charge >= 0.3 is 0 Å². The summed E-state index contributed by atoms with van der Waals surface area (Å²) in [4.78, 5) is 9.15. The van der Waals surface area contributed by atoms with Crippen molar-refractivity contribution in [2.45, 2.75) is 25.8 Å². The summed E-state index contributed by atoms with van der Waals surface area (Å²) in [5, 5.41) is 0.892. The molecule has 0 bridgehead atoms. The first-order chi connectivity index (χ1) is 11.1. The molecule has 1 aliphatic heterocycles. The Morgan fingerprint density at radius 2 is 2.04 bits per heavy atom. The van der Waals surface area contributed by atoms with E-state index in [2.05, 4.69) is 28.9 Å². The highest BCUT2D eigenvalue weighted by molar-refractivity contribution is 5.81. The van der Waals surface area contributed by atoms with Crippen molar-refractivity contribution in [2.24, 2.45) is 5.92 Å². The average molecular weight is 315 g/mol. The molecule has 0 unspecified atom stereocenters. The van der Waals surface area contributed by atoms with E-state index in [-0.39, 0.29) is 5.82 Å². The van der Waals surface area contributed by atoms with Gasteiger partial charge in [0, 0.05) is 18.1 Å². The number of nitrogens with zero attached hydrogens (tertiary/aromatic N) is 3. The second kappa shape index (κ2) is 7.37. The number of fused-ring (bicyclic) bond motifs is 1. The number of pyridine rings is 1. The van der Waals surface area contributed by atoms with E-state index in [9.17, 15) is 4.39 Å². The lowest BCUT2D eigenvalue weighted by atomic mass is 9.93. The summed E-state index contributed by atoms with van der Waals surface area (Å²) in [7, 11) is 4.27. The maximum Gasteiger partial charge on any atom is 0.124 e. The molecule has 0 radical (unpaired) electrons. The molecule has 4 heteroatoms. The molecule has 124 valence electrons. The normalized spacial score (nSPS) is 17.2. The van der Waals surface area contributed by atoms with Crippen molar-refractivity contribution in [3.8, 4) is 0 Å². The van der Waals surface area contributed by atoms with Crippen molar-refractivity contribution in [1.29, 1.82) is 0 Å². The summed E-state index contributed by atoms with van der Waals surface area (Å²) in [6.45, 7) is 4.17. The van der Waals surface area contributed by atoms with Crippen LogP contribution in [0.15, 0.2) is 30.5 Å². The number of piperidine rings is 1. The Balaban J connectivity index is 1.63. The minimum Gasteiger partial charge on any atom is -0.309 e. The van der Waals surface area contributed by atoms with Crippen LogP contribution in [0.2, 0.25) is 0 Å². The van der Waals surface area contributed by atoms with Crippen LogP contribution in [-0.2, 0) is 6.54 Å². The molecule has 0 spiro atoms. The van der Waals surface area contributed by atoms with Gasteiger partial charge in [0.15, 0.2) is 0 Å². The quantitative estimate of drug-likeness (QED) is 0.841. The highest BCUT2D eigenvalue weighted by Crippen LogP contribution is 2.24. The van der Waals surface area contributed by atoms with Gasteiger partial charge in [-0.3, -0.25) is 9.88 Å². The van der Waals surface area contributed by atoms with Crippen molar-refractivity contribution in [2.75, 3.05) is 33.7 Å². The highest BCUT2D eigenvalue weighted by Gasteiger charge is 2.20. The van der Waals surface area contributed by atoms with Crippen LogP contribution in [0.1, 0.15) is 24.8 Å². The zero-order valence-corrected chi connectivity index (χ0v) is 14.1. The molecule has 1 aromatic carbocycles. The van der Waals surface area contributed by atoms with Gasteiger partial charge in [-0.2, -0.15) is 0 Å². The van der Waals surface area contributed by atoms with Gasteiger partial charge < -0.3 is 4.90 Å². The maximum atomic E-state index is 13.8. The van der Waals surface area contributed by atoms with E-state index in [0.29, 0.717) is 0 Å². The van der Waals surface area contributed by atoms with E-state index < -0.39 is 0 Å². The lowest BCUT2D eigenvalue weighted by Gasteiger charge is -2.32. The van der Waals surface area contributed by atoms with Crippen LogP contribution >= 0.6 is 0 Å². The molecule has 1 aromatic heterocycles. The monoisotopic (exact) mass is 315 g/mol. The number of hydrogen-bond acceptors (Lipinski definition) is 3. The highest BCUT2D eigenvalue weighted by atomic mass is 19.1. The standard InChI is InChI=1S/C19H26FN3/c1-22(2)9-5-15-6-10-23(11-7-15)14-17-13-18(20)12-16-4-3-8-21-19(16)17/h3-4,8,12-13,15H,5-7,9-11,14H2,1-2H3. The van der Waals surface area contributed by atoms with E-state index in [1.807, 2.05) is 12.1 Å². The zero-order chi connectivity index (χ0) is 16.2. The Bertz CT molecular complexity index is 648. The fraction of sp³-hybridized carbons (Fsp3) is 0.526. The maximum absolute atomic E-state index is 13.8. The fourth-order valence-corrected chi connectivity index (χ4v) is 3.46. The molecule has 2 heterocycles. The van der Waals surface area contributed by atoms with Gasteiger partial charge in [0.25, 0.3) is 0 Å². The molecule has 1 fully saturated rings. The molecule has 1 saturated heterocycles. The average Bonchev–Trinajstić information content (AvgIpc) is 2.54. The van der Waals surface area contributed by atoms with Gasteiger partial charge in [-0.15, -0.1) is 0 Å². The van der Waals surface area contributed by atoms with Gasteiger partial charge in [-0.05, 0) is 82.7 Å². The SMILES string of the molecule is CN(C)CCC1CCN(Cc2cc(F)cc3cccnc23)CC1. The van der Waals surface area contributed by atoms with Crippen molar-refractivity contribution < 1.29 is 4.39 Å². The summed E-state index contributed by atoms with van der Waals surface area (Å²) in [5.41, 5.74) is 1.94. The first-order valence-corrected chi connectivity index (χ1v) is 8.52. The number of halogens is 1. The lowest BCUT2D eigenvalue weighted by Crippen LogP contribution is -2.34. The predicted molar refractivity (Wildman–Crippen MR) is 92.9 cm³/mol. The topological polar surface area (TPSA) is 19.4 Å². The molecular weight excluding hydrogens is 289 g/mol. The second-order valence-corrected chi connectivity index (χ2v) is 6.95. The largest absolute Gasteiger partial charge is 0.309 e. The lowest BCUT2D eigenvalue weighted by molar-refractivity contribution is 0.166. The van der Waals surface area contributed by atoms with Crippen molar-refractivity contribution in [1.82, 2.24) is 14.8 Å². The first-order valence-electron chi connectivity index (χ1n) is 8.52. The Hall–Kier alpha value is -1.52. The molecule has 0 atom stereocenters. The summed E-state index contributed by atoms with van der Waals surface area (Å²) < 4.78 is 13.8. The number of likely N-dealkylation sites (tertiary alicyclic amines) is 1. The van der Waals surface area contributed by atoms with Crippen molar-refractivity contribution in [3.63, 3.8) is 0 Å². The van der Waals surface area contributed by atoms with Gasteiger partial charge in [0.05, 0.1) is 5.52 Å². The van der Waals surface area contributed by atoms with Crippen molar-refractivity contribution in [3.05, 3.63) is 41.8 Å². The molecule has 2 aromatic rings. The van der Waals surface area contributed by atoms with E-state index in [4.69, 9.17) is 0 Å². The van der Waals surface area contributed by atoms with Gasteiger partial charge in [-0.1, -0.05) is 6.07 Å². The number of aromatic nitrogens is 1. The number of benzene rings is 1. The van der Waals surface area contributed by atoms with Crippen LogP contribution in [0.5, 0.6) is 0 Å². The van der Waals surface area contributed by atoms with E-state index in [1.54, 1.807) is 18.3 Å². The Morgan fingerprint density at radius 3 is 2.78 bits per heavy atom. The third-order valence-corrected chi connectivity index (χ3v) is 4.83. The number of rotatable bonds is 5. The molecule has 0 saturated carbocycles. The smallest absolute Gasteiger partial charge is 0.124 e. The third kappa shape index (κ3) is 4.27. The molecular formula is C19H26FN3. The molecule has 0 aliphatic carbocycles. The van der Waals surface area contributed by atoms with Gasteiger partial charge in [-0.25, -0.2) is 4.39 Å². The van der Waals surface area contributed by atoms with Crippen LogP contribution < -0.4 is 0 Å². The van der Waals surface area contributed by atoms with Crippen LogP contribution in [0, 0.1) is 11.7 Å². The molecule has 1 aliphatic rings.